The van der Waals surface area contributed by atoms with Gasteiger partial charge in [-0.15, -0.1) is 0 Å². The summed E-state index contributed by atoms with van der Waals surface area (Å²) in [6.45, 7) is -0.111. The van der Waals surface area contributed by atoms with Crippen molar-refractivity contribution < 1.29 is 13.5 Å². The fourth-order valence-corrected chi connectivity index (χ4v) is 3.76. The van der Waals surface area contributed by atoms with E-state index in [9.17, 15) is 13.5 Å². The zero-order valence-electron chi connectivity index (χ0n) is 11.5. The van der Waals surface area contributed by atoms with Crippen LogP contribution in [0.3, 0.4) is 0 Å². The smallest absolute Gasteiger partial charge is 0.242 e. The van der Waals surface area contributed by atoms with Crippen molar-refractivity contribution in [3.8, 4) is 0 Å². The predicted octanol–water partition coefficient (Wildman–Crippen LogP) is 2.88. The van der Waals surface area contributed by atoms with Gasteiger partial charge >= 0.3 is 0 Å². The summed E-state index contributed by atoms with van der Waals surface area (Å²) >= 11 is 11.7. The number of aliphatic hydroxyl groups excluding tert-OH is 1. The molecule has 4 nitrogen and oxygen atoms in total. The van der Waals surface area contributed by atoms with Gasteiger partial charge in [0.25, 0.3) is 0 Å². The zero-order chi connectivity index (χ0) is 16.2. The Labute approximate surface area is 139 Å². The SMILES string of the molecule is O=S(=O)(NCC(O)Cc1ccccc1)c1cc(Cl)ccc1Cl. The first-order chi connectivity index (χ1) is 10.4. The normalized spacial score (nSPS) is 13.0. The molecular formula is C15H15Cl2NO3S. The van der Waals surface area contributed by atoms with E-state index in [2.05, 4.69) is 4.72 Å². The van der Waals surface area contributed by atoms with Crippen LogP contribution in [-0.4, -0.2) is 26.2 Å². The Morgan fingerprint density at radius 1 is 1.09 bits per heavy atom. The maximum Gasteiger partial charge on any atom is 0.242 e. The summed E-state index contributed by atoms with van der Waals surface area (Å²) < 4.78 is 26.7. The Kier molecular flexibility index (Phi) is 5.83. The molecule has 7 heteroatoms. The van der Waals surface area contributed by atoms with Crippen LogP contribution >= 0.6 is 23.2 Å². The number of aliphatic hydroxyl groups is 1. The topological polar surface area (TPSA) is 66.4 Å². The summed E-state index contributed by atoms with van der Waals surface area (Å²) in [5, 5.41) is 10.3. The molecule has 0 aliphatic carbocycles. The molecule has 118 valence electrons. The molecule has 1 atom stereocenters. The minimum Gasteiger partial charge on any atom is -0.391 e. The van der Waals surface area contributed by atoms with E-state index in [1.54, 1.807) is 0 Å². The monoisotopic (exact) mass is 359 g/mol. The first-order valence-electron chi connectivity index (χ1n) is 6.55. The third-order valence-corrected chi connectivity index (χ3v) is 5.15. The zero-order valence-corrected chi connectivity index (χ0v) is 13.9. The van der Waals surface area contributed by atoms with E-state index in [0.717, 1.165) is 5.56 Å². The molecule has 2 aromatic carbocycles. The molecule has 0 heterocycles. The average molecular weight is 360 g/mol. The number of hydrogen-bond acceptors (Lipinski definition) is 3. The Balaban J connectivity index is 2.02. The van der Waals surface area contributed by atoms with Crippen LogP contribution in [0.15, 0.2) is 53.4 Å². The third kappa shape index (κ3) is 4.69. The van der Waals surface area contributed by atoms with Gasteiger partial charge in [0.2, 0.25) is 10.0 Å². The molecule has 0 fully saturated rings. The molecule has 2 rings (SSSR count). The lowest BCUT2D eigenvalue weighted by atomic mass is 10.1. The molecule has 0 aliphatic heterocycles. The summed E-state index contributed by atoms with van der Waals surface area (Å²) in [7, 11) is -3.83. The van der Waals surface area contributed by atoms with Gasteiger partial charge in [-0.25, -0.2) is 13.1 Å². The Bertz CT molecular complexity index is 736. The van der Waals surface area contributed by atoms with E-state index >= 15 is 0 Å². The highest BCUT2D eigenvalue weighted by atomic mass is 35.5. The molecule has 0 saturated carbocycles. The Morgan fingerprint density at radius 2 is 1.77 bits per heavy atom. The van der Waals surface area contributed by atoms with E-state index in [1.165, 1.54) is 18.2 Å². The van der Waals surface area contributed by atoms with Gasteiger partial charge in [0.15, 0.2) is 0 Å². The van der Waals surface area contributed by atoms with Gasteiger partial charge in [0, 0.05) is 11.6 Å². The highest BCUT2D eigenvalue weighted by Crippen LogP contribution is 2.24. The minimum atomic E-state index is -3.83. The van der Waals surface area contributed by atoms with Gasteiger partial charge < -0.3 is 5.11 Å². The Hall–Kier alpha value is -1.11. The van der Waals surface area contributed by atoms with Crippen LogP contribution in [0.25, 0.3) is 0 Å². The molecule has 0 aromatic heterocycles. The molecule has 2 aromatic rings. The van der Waals surface area contributed by atoms with Gasteiger partial charge in [-0.1, -0.05) is 53.5 Å². The standard InChI is InChI=1S/C15H15Cl2NO3S/c16-12-6-7-14(17)15(9-12)22(20,21)18-10-13(19)8-11-4-2-1-3-5-11/h1-7,9,13,18-19H,8,10H2. The van der Waals surface area contributed by atoms with E-state index in [1.807, 2.05) is 30.3 Å². The van der Waals surface area contributed by atoms with E-state index in [0.29, 0.717) is 6.42 Å². The highest BCUT2D eigenvalue weighted by Gasteiger charge is 2.19. The summed E-state index contributed by atoms with van der Waals surface area (Å²) in [6.07, 6.45) is -0.484. The van der Waals surface area contributed by atoms with Crippen molar-refractivity contribution in [2.45, 2.75) is 17.4 Å². The van der Waals surface area contributed by atoms with Gasteiger partial charge in [0.1, 0.15) is 4.90 Å². The van der Waals surface area contributed by atoms with Crippen LogP contribution in [0.2, 0.25) is 10.0 Å². The molecule has 2 N–H and O–H groups in total. The lowest BCUT2D eigenvalue weighted by Crippen LogP contribution is -2.33. The van der Waals surface area contributed by atoms with Gasteiger partial charge in [-0.2, -0.15) is 0 Å². The van der Waals surface area contributed by atoms with Gasteiger partial charge in [-0.3, -0.25) is 0 Å². The van der Waals surface area contributed by atoms with Crippen molar-refractivity contribution >= 4 is 33.2 Å². The van der Waals surface area contributed by atoms with Crippen molar-refractivity contribution in [2.24, 2.45) is 0 Å². The van der Waals surface area contributed by atoms with E-state index in [4.69, 9.17) is 23.2 Å². The lowest BCUT2D eigenvalue weighted by Gasteiger charge is -2.13. The first-order valence-corrected chi connectivity index (χ1v) is 8.79. The molecule has 0 spiro atoms. The fraction of sp³-hybridized carbons (Fsp3) is 0.200. The Morgan fingerprint density at radius 3 is 2.45 bits per heavy atom. The van der Waals surface area contributed by atoms with Crippen molar-refractivity contribution in [2.75, 3.05) is 6.54 Å². The molecule has 0 saturated heterocycles. The van der Waals surface area contributed by atoms with Gasteiger partial charge in [0.05, 0.1) is 11.1 Å². The molecular weight excluding hydrogens is 345 g/mol. The largest absolute Gasteiger partial charge is 0.391 e. The number of hydrogen-bond donors (Lipinski definition) is 2. The summed E-state index contributed by atoms with van der Waals surface area (Å²) in [5.41, 5.74) is 0.926. The van der Waals surface area contributed by atoms with E-state index in [-0.39, 0.29) is 21.5 Å². The number of benzene rings is 2. The maximum atomic E-state index is 12.2. The number of nitrogens with one attached hydrogen (secondary N) is 1. The van der Waals surface area contributed by atoms with Crippen molar-refractivity contribution in [3.63, 3.8) is 0 Å². The fourth-order valence-electron chi connectivity index (χ4n) is 1.93. The van der Waals surface area contributed by atoms with E-state index < -0.39 is 16.1 Å². The van der Waals surface area contributed by atoms with Crippen LogP contribution in [0.5, 0.6) is 0 Å². The summed E-state index contributed by atoms with van der Waals surface area (Å²) in [4.78, 5) is -0.103. The van der Waals surface area contributed by atoms with Crippen molar-refractivity contribution in [1.82, 2.24) is 4.72 Å². The molecule has 0 aliphatic rings. The maximum absolute atomic E-state index is 12.2. The van der Waals surface area contributed by atoms with Crippen LogP contribution in [0.1, 0.15) is 5.56 Å². The molecule has 0 radical (unpaired) electrons. The van der Waals surface area contributed by atoms with Crippen LogP contribution in [0.4, 0.5) is 0 Å². The quantitative estimate of drug-likeness (QED) is 0.833. The second-order valence-electron chi connectivity index (χ2n) is 4.77. The summed E-state index contributed by atoms with van der Waals surface area (Å²) in [6, 6.07) is 13.5. The van der Waals surface area contributed by atoms with Gasteiger partial charge in [-0.05, 0) is 30.2 Å². The van der Waals surface area contributed by atoms with Crippen molar-refractivity contribution in [1.29, 1.82) is 0 Å². The van der Waals surface area contributed by atoms with Crippen molar-refractivity contribution in [3.05, 3.63) is 64.1 Å². The second kappa shape index (κ2) is 7.44. The molecule has 22 heavy (non-hydrogen) atoms. The molecule has 0 amide bonds. The van der Waals surface area contributed by atoms with Crippen LogP contribution in [-0.2, 0) is 16.4 Å². The van der Waals surface area contributed by atoms with Crippen LogP contribution < -0.4 is 4.72 Å². The average Bonchev–Trinajstić information content (AvgIpc) is 2.49. The minimum absolute atomic E-state index is 0.0782. The predicted molar refractivity (Wildman–Crippen MR) is 87.8 cm³/mol. The highest BCUT2D eigenvalue weighted by molar-refractivity contribution is 7.89. The second-order valence-corrected chi connectivity index (χ2v) is 7.35. The molecule has 0 bridgehead atoms. The van der Waals surface area contributed by atoms with Crippen LogP contribution in [0, 0.1) is 0 Å². The number of halogens is 2. The summed E-state index contributed by atoms with van der Waals surface area (Å²) in [5.74, 6) is 0. The first kappa shape index (κ1) is 17.2. The third-order valence-electron chi connectivity index (χ3n) is 3.01. The molecule has 1 unspecified atom stereocenters. The number of rotatable bonds is 6. The number of sulfonamides is 1. The lowest BCUT2D eigenvalue weighted by molar-refractivity contribution is 0.179.